The second kappa shape index (κ2) is 5.71. The Morgan fingerprint density at radius 1 is 1.19 bits per heavy atom. The summed E-state index contributed by atoms with van der Waals surface area (Å²) in [6.45, 7) is 2.31. The van der Waals surface area contributed by atoms with Crippen molar-refractivity contribution in [2.45, 2.75) is 6.92 Å². The molecule has 0 bridgehead atoms. The van der Waals surface area contributed by atoms with Gasteiger partial charge in [0.25, 0.3) is 0 Å². The van der Waals surface area contributed by atoms with Crippen molar-refractivity contribution in [2.75, 3.05) is 23.8 Å². The van der Waals surface area contributed by atoms with Crippen LogP contribution in [0.1, 0.15) is 5.69 Å². The third-order valence-electron chi connectivity index (χ3n) is 2.83. The Kier molecular flexibility index (Phi) is 3.61. The highest BCUT2D eigenvalue weighted by Crippen LogP contribution is 2.18. The molecule has 0 aromatic carbocycles. The Morgan fingerprint density at radius 3 is 2.95 bits per heavy atom. The number of H-pyrrole nitrogens is 1. The van der Waals surface area contributed by atoms with Crippen molar-refractivity contribution in [2.24, 2.45) is 0 Å². The van der Waals surface area contributed by atoms with Gasteiger partial charge in [-0.1, -0.05) is 0 Å². The van der Waals surface area contributed by atoms with Gasteiger partial charge in [-0.15, -0.1) is 0 Å². The highest BCUT2D eigenvalue weighted by molar-refractivity contribution is 5.80. The molecule has 4 N–H and O–H groups in total. The maximum absolute atomic E-state index is 8.83. The third-order valence-corrected chi connectivity index (χ3v) is 2.83. The van der Waals surface area contributed by atoms with Crippen LogP contribution < -0.4 is 10.6 Å². The highest BCUT2D eigenvalue weighted by Gasteiger charge is 2.04. The van der Waals surface area contributed by atoms with Crippen molar-refractivity contribution < 1.29 is 5.11 Å². The Morgan fingerprint density at radius 2 is 2.10 bits per heavy atom. The van der Waals surface area contributed by atoms with Crippen molar-refractivity contribution in [3.63, 3.8) is 0 Å². The van der Waals surface area contributed by atoms with E-state index in [1.54, 1.807) is 12.4 Å². The molecule has 3 rings (SSSR count). The number of nitrogens with one attached hydrogen (secondary N) is 3. The average molecular weight is 285 g/mol. The van der Waals surface area contributed by atoms with Gasteiger partial charge in [-0.3, -0.25) is 5.10 Å². The fourth-order valence-electron chi connectivity index (χ4n) is 1.92. The molecule has 8 heteroatoms. The monoisotopic (exact) mass is 285 g/mol. The number of pyridine rings is 1. The summed E-state index contributed by atoms with van der Waals surface area (Å²) in [4.78, 5) is 12.9. The van der Waals surface area contributed by atoms with Gasteiger partial charge in [-0.05, 0) is 6.92 Å². The average Bonchev–Trinajstić information content (AvgIpc) is 2.92. The number of anilines is 3. The molecule has 108 valence electrons. The standard InChI is InChI=1S/C13H15N7O/c1-8-4-12(19-13(17-8)14-2-3-21)18-11-5-10-9(6-15-11)7-16-20-10/h4-7,21H,2-3H2,1H3,(H,16,20)(H2,14,15,17,18,19). The van der Waals surface area contributed by atoms with Gasteiger partial charge in [-0.2, -0.15) is 10.1 Å². The molecule has 0 fully saturated rings. The number of hydrogen-bond acceptors (Lipinski definition) is 7. The van der Waals surface area contributed by atoms with Crippen molar-refractivity contribution in [1.29, 1.82) is 0 Å². The van der Waals surface area contributed by atoms with Crippen LogP contribution in [0.4, 0.5) is 17.6 Å². The lowest BCUT2D eigenvalue weighted by Gasteiger charge is -2.08. The van der Waals surface area contributed by atoms with E-state index in [9.17, 15) is 0 Å². The summed E-state index contributed by atoms with van der Waals surface area (Å²) < 4.78 is 0. The minimum absolute atomic E-state index is 0.0259. The van der Waals surface area contributed by atoms with Crippen LogP contribution in [0.25, 0.3) is 10.9 Å². The summed E-state index contributed by atoms with van der Waals surface area (Å²) in [5.41, 5.74) is 1.72. The number of fused-ring (bicyclic) bond motifs is 1. The number of aliphatic hydroxyl groups excluding tert-OH is 1. The van der Waals surface area contributed by atoms with Crippen molar-refractivity contribution in [1.82, 2.24) is 25.1 Å². The number of aromatic amines is 1. The summed E-state index contributed by atoms with van der Waals surface area (Å²) in [5, 5.41) is 22.7. The molecule has 8 nitrogen and oxygen atoms in total. The van der Waals surface area contributed by atoms with Crippen LogP contribution in [0, 0.1) is 6.92 Å². The smallest absolute Gasteiger partial charge is 0.224 e. The van der Waals surface area contributed by atoms with E-state index in [-0.39, 0.29) is 6.61 Å². The summed E-state index contributed by atoms with van der Waals surface area (Å²) in [6.07, 6.45) is 3.46. The van der Waals surface area contributed by atoms with Crippen LogP contribution in [0.2, 0.25) is 0 Å². The van der Waals surface area contributed by atoms with E-state index in [2.05, 4.69) is 35.8 Å². The maximum atomic E-state index is 8.83. The maximum Gasteiger partial charge on any atom is 0.224 e. The predicted octanol–water partition coefficient (Wildman–Crippen LogP) is 1.20. The SMILES string of the molecule is Cc1cc(Nc2cc3[nH]ncc3cn2)nc(NCCO)n1. The molecule has 0 amide bonds. The fraction of sp³-hybridized carbons (Fsp3) is 0.231. The summed E-state index contributed by atoms with van der Waals surface area (Å²) >= 11 is 0. The molecule has 0 aliphatic carbocycles. The van der Waals surface area contributed by atoms with E-state index in [0.29, 0.717) is 24.1 Å². The van der Waals surface area contributed by atoms with Gasteiger partial charge in [0.1, 0.15) is 11.6 Å². The zero-order valence-electron chi connectivity index (χ0n) is 11.5. The van der Waals surface area contributed by atoms with Gasteiger partial charge in [0, 0.05) is 36.0 Å². The normalized spacial score (nSPS) is 10.8. The molecule has 0 atom stereocenters. The van der Waals surface area contributed by atoms with Crippen LogP contribution in [0.15, 0.2) is 24.5 Å². The first-order chi connectivity index (χ1) is 10.2. The molecular weight excluding hydrogens is 270 g/mol. The van der Waals surface area contributed by atoms with Gasteiger partial charge >= 0.3 is 0 Å². The first-order valence-corrected chi connectivity index (χ1v) is 6.51. The Balaban J connectivity index is 1.84. The van der Waals surface area contributed by atoms with E-state index >= 15 is 0 Å². The first-order valence-electron chi connectivity index (χ1n) is 6.51. The Bertz CT molecular complexity index is 755. The number of nitrogens with zero attached hydrogens (tertiary/aromatic N) is 4. The topological polar surface area (TPSA) is 112 Å². The molecule has 0 radical (unpaired) electrons. The van der Waals surface area contributed by atoms with E-state index < -0.39 is 0 Å². The minimum atomic E-state index is 0.0259. The summed E-state index contributed by atoms with van der Waals surface area (Å²) in [7, 11) is 0. The third kappa shape index (κ3) is 3.06. The van der Waals surface area contributed by atoms with E-state index in [0.717, 1.165) is 16.6 Å². The zero-order chi connectivity index (χ0) is 14.7. The van der Waals surface area contributed by atoms with Crippen LogP contribution >= 0.6 is 0 Å². The lowest BCUT2D eigenvalue weighted by Crippen LogP contribution is -2.10. The van der Waals surface area contributed by atoms with Crippen LogP contribution in [-0.4, -0.2) is 43.4 Å². The summed E-state index contributed by atoms with van der Waals surface area (Å²) in [5.74, 6) is 1.77. The first kappa shape index (κ1) is 13.3. The molecule has 0 aliphatic heterocycles. The van der Waals surface area contributed by atoms with Gasteiger partial charge in [0.2, 0.25) is 5.95 Å². The number of rotatable bonds is 5. The van der Waals surface area contributed by atoms with Gasteiger partial charge < -0.3 is 15.7 Å². The molecule has 0 saturated carbocycles. The van der Waals surface area contributed by atoms with Crippen LogP contribution in [0.5, 0.6) is 0 Å². The summed E-state index contributed by atoms with van der Waals surface area (Å²) in [6, 6.07) is 3.68. The predicted molar refractivity (Wildman–Crippen MR) is 79.5 cm³/mol. The van der Waals surface area contributed by atoms with E-state index in [1.807, 2.05) is 19.1 Å². The number of hydrogen-bond donors (Lipinski definition) is 4. The Labute approximate surface area is 120 Å². The molecular formula is C13H15N7O. The quantitative estimate of drug-likeness (QED) is 0.557. The zero-order valence-corrected chi connectivity index (χ0v) is 11.5. The lowest BCUT2D eigenvalue weighted by molar-refractivity contribution is 0.311. The van der Waals surface area contributed by atoms with Gasteiger partial charge in [0.05, 0.1) is 18.3 Å². The second-order valence-electron chi connectivity index (χ2n) is 4.52. The number of aryl methyl sites for hydroxylation is 1. The molecule has 3 aromatic heterocycles. The molecule has 0 spiro atoms. The van der Waals surface area contributed by atoms with E-state index in [4.69, 9.17) is 5.11 Å². The number of aromatic nitrogens is 5. The Hall–Kier alpha value is -2.74. The second-order valence-corrected chi connectivity index (χ2v) is 4.52. The number of aliphatic hydroxyl groups is 1. The molecule has 0 unspecified atom stereocenters. The highest BCUT2D eigenvalue weighted by atomic mass is 16.3. The molecule has 0 saturated heterocycles. The van der Waals surface area contributed by atoms with E-state index in [1.165, 1.54) is 0 Å². The van der Waals surface area contributed by atoms with Crippen LogP contribution in [-0.2, 0) is 0 Å². The van der Waals surface area contributed by atoms with Gasteiger partial charge in [-0.25, -0.2) is 9.97 Å². The van der Waals surface area contributed by atoms with Crippen molar-refractivity contribution >= 4 is 28.5 Å². The van der Waals surface area contributed by atoms with Crippen molar-refractivity contribution in [3.8, 4) is 0 Å². The fourth-order valence-corrected chi connectivity index (χ4v) is 1.92. The lowest BCUT2D eigenvalue weighted by atomic mass is 10.3. The molecule has 0 aliphatic rings. The van der Waals surface area contributed by atoms with Gasteiger partial charge in [0.15, 0.2) is 0 Å². The molecule has 3 aromatic rings. The largest absolute Gasteiger partial charge is 0.395 e. The van der Waals surface area contributed by atoms with Crippen molar-refractivity contribution in [3.05, 3.63) is 30.2 Å². The molecule has 21 heavy (non-hydrogen) atoms. The molecule has 3 heterocycles. The van der Waals surface area contributed by atoms with Crippen LogP contribution in [0.3, 0.4) is 0 Å². The minimum Gasteiger partial charge on any atom is -0.395 e.